The lowest BCUT2D eigenvalue weighted by molar-refractivity contribution is -0.116. The van der Waals surface area contributed by atoms with Crippen molar-refractivity contribution in [3.63, 3.8) is 0 Å². The molecule has 0 saturated carbocycles. The molecule has 1 N–H and O–H groups in total. The molecule has 1 aromatic rings. The van der Waals surface area contributed by atoms with Gasteiger partial charge < -0.3 is 5.32 Å². The second-order valence-corrected chi connectivity index (χ2v) is 5.34. The Bertz CT molecular complexity index is 456. The van der Waals surface area contributed by atoms with Crippen molar-refractivity contribution in [2.75, 3.05) is 5.32 Å². The number of amides is 1. The molecule has 0 saturated heterocycles. The number of rotatable bonds is 2. The average Bonchev–Trinajstić information content (AvgIpc) is 2.19. The van der Waals surface area contributed by atoms with Crippen LogP contribution in [0.15, 0.2) is 23.1 Å². The second kappa shape index (κ2) is 4.29. The van der Waals surface area contributed by atoms with Crippen molar-refractivity contribution < 1.29 is 9.59 Å². The molecule has 0 spiro atoms. The highest BCUT2D eigenvalue weighted by Crippen LogP contribution is 2.36. The molecule has 0 aliphatic carbocycles. The largest absolute Gasteiger partial charge is 0.324 e. The average molecular weight is 235 g/mol. The predicted molar refractivity (Wildman–Crippen MR) is 64.8 cm³/mol. The van der Waals surface area contributed by atoms with Crippen LogP contribution in [0, 0.1) is 0 Å². The van der Waals surface area contributed by atoms with Crippen molar-refractivity contribution in [3.05, 3.63) is 23.8 Å². The van der Waals surface area contributed by atoms with Crippen LogP contribution < -0.4 is 5.32 Å². The van der Waals surface area contributed by atoms with E-state index in [2.05, 4.69) is 5.32 Å². The normalized spacial score (nSPS) is 18.9. The van der Waals surface area contributed by atoms with Gasteiger partial charge in [0.2, 0.25) is 5.91 Å². The highest BCUT2D eigenvalue weighted by molar-refractivity contribution is 8.00. The third-order valence-electron chi connectivity index (χ3n) is 2.43. The molecule has 84 valence electrons. The van der Waals surface area contributed by atoms with Gasteiger partial charge in [0.05, 0.1) is 10.9 Å². The quantitative estimate of drug-likeness (QED) is 0.855. The van der Waals surface area contributed by atoms with Crippen LogP contribution in [0.25, 0.3) is 0 Å². The fraction of sp³-hybridized carbons (Fsp3) is 0.333. The predicted octanol–water partition coefficient (Wildman–Crippen LogP) is 2.25. The van der Waals surface area contributed by atoms with E-state index in [1.807, 2.05) is 25.1 Å². The lowest BCUT2D eigenvalue weighted by atomic mass is 10.1. The van der Waals surface area contributed by atoms with Gasteiger partial charge >= 0.3 is 0 Å². The highest BCUT2D eigenvalue weighted by Gasteiger charge is 2.22. The highest BCUT2D eigenvalue weighted by atomic mass is 32.2. The van der Waals surface area contributed by atoms with Crippen molar-refractivity contribution in [1.82, 2.24) is 0 Å². The molecule has 0 fully saturated rings. The number of carbonyl (C=O) groups is 2. The molecular formula is C12H13NO2S. The first-order chi connectivity index (χ1) is 7.56. The summed E-state index contributed by atoms with van der Waals surface area (Å²) in [6.45, 7) is 3.46. The summed E-state index contributed by atoms with van der Waals surface area (Å²) < 4.78 is 0. The Morgan fingerprint density at radius 1 is 1.50 bits per heavy atom. The first kappa shape index (κ1) is 11.2. The van der Waals surface area contributed by atoms with Crippen LogP contribution in [0.2, 0.25) is 0 Å². The van der Waals surface area contributed by atoms with Crippen LogP contribution in [-0.2, 0) is 16.0 Å². The van der Waals surface area contributed by atoms with E-state index in [0.29, 0.717) is 6.42 Å². The molecule has 1 unspecified atom stereocenters. The van der Waals surface area contributed by atoms with E-state index in [4.69, 9.17) is 0 Å². The molecule has 1 heterocycles. The van der Waals surface area contributed by atoms with Gasteiger partial charge in [-0.25, -0.2) is 0 Å². The van der Waals surface area contributed by atoms with Crippen molar-refractivity contribution in [2.45, 2.75) is 30.4 Å². The minimum Gasteiger partial charge on any atom is -0.324 e. The summed E-state index contributed by atoms with van der Waals surface area (Å²) in [6.07, 6.45) is 0.455. The van der Waals surface area contributed by atoms with Gasteiger partial charge in [-0.15, -0.1) is 11.8 Å². The molecule has 0 aromatic heterocycles. The zero-order valence-corrected chi connectivity index (χ0v) is 10.1. The van der Waals surface area contributed by atoms with Crippen LogP contribution in [0.4, 0.5) is 5.69 Å². The number of hydrogen-bond donors (Lipinski definition) is 1. The molecule has 0 radical (unpaired) electrons. The summed E-state index contributed by atoms with van der Waals surface area (Å²) in [4.78, 5) is 23.5. The zero-order valence-electron chi connectivity index (χ0n) is 9.24. The summed E-state index contributed by atoms with van der Waals surface area (Å²) in [5, 5.41) is 2.78. The first-order valence-electron chi connectivity index (χ1n) is 5.16. The Kier molecular flexibility index (Phi) is 3.01. The zero-order chi connectivity index (χ0) is 11.7. The number of fused-ring (bicyclic) bond motifs is 1. The molecule has 0 bridgehead atoms. The number of benzene rings is 1. The maximum atomic E-state index is 11.4. The monoisotopic (exact) mass is 235 g/mol. The van der Waals surface area contributed by atoms with Gasteiger partial charge in [-0.2, -0.15) is 0 Å². The molecule has 16 heavy (non-hydrogen) atoms. The third kappa shape index (κ3) is 2.27. The van der Waals surface area contributed by atoms with E-state index in [1.54, 1.807) is 6.92 Å². The summed E-state index contributed by atoms with van der Waals surface area (Å²) in [5.41, 5.74) is 1.85. The molecule has 2 rings (SSSR count). The van der Waals surface area contributed by atoms with Crippen molar-refractivity contribution in [2.24, 2.45) is 0 Å². The van der Waals surface area contributed by atoms with Crippen LogP contribution >= 0.6 is 11.8 Å². The standard InChI is InChI=1S/C12H13NO2S/c1-7(14)5-9-3-4-10-11(6-9)16-8(2)12(15)13-10/h3-4,6,8H,5H2,1-2H3,(H,13,15). The number of Topliss-reactive ketones (excluding diaryl/α,β-unsaturated/α-hetero) is 1. The van der Waals surface area contributed by atoms with Gasteiger partial charge in [0, 0.05) is 11.3 Å². The Balaban J connectivity index is 2.29. The van der Waals surface area contributed by atoms with Gasteiger partial charge in [-0.05, 0) is 31.5 Å². The fourth-order valence-corrected chi connectivity index (χ4v) is 2.66. The molecular weight excluding hydrogens is 222 g/mol. The minimum absolute atomic E-state index is 0.0387. The molecule has 1 amide bonds. The van der Waals surface area contributed by atoms with Gasteiger partial charge in [0.1, 0.15) is 5.78 Å². The maximum absolute atomic E-state index is 11.4. The number of ketones is 1. The topological polar surface area (TPSA) is 46.2 Å². The van der Waals surface area contributed by atoms with Crippen LogP contribution in [0.5, 0.6) is 0 Å². The molecule has 3 nitrogen and oxygen atoms in total. The molecule has 1 aliphatic rings. The van der Waals surface area contributed by atoms with Gasteiger partial charge in [-0.1, -0.05) is 6.07 Å². The molecule has 4 heteroatoms. The Hall–Kier alpha value is -1.29. The number of anilines is 1. The first-order valence-corrected chi connectivity index (χ1v) is 6.04. The molecule has 1 atom stereocenters. The van der Waals surface area contributed by atoms with E-state index in [9.17, 15) is 9.59 Å². The van der Waals surface area contributed by atoms with Crippen molar-refractivity contribution in [3.8, 4) is 0 Å². The second-order valence-electron chi connectivity index (χ2n) is 3.96. The smallest absolute Gasteiger partial charge is 0.237 e. The minimum atomic E-state index is -0.0694. The lowest BCUT2D eigenvalue weighted by Crippen LogP contribution is -2.26. The number of nitrogens with one attached hydrogen (secondary N) is 1. The maximum Gasteiger partial charge on any atom is 0.237 e. The SMILES string of the molecule is CC(=O)Cc1ccc2c(c1)SC(C)C(=O)N2. The van der Waals surface area contributed by atoms with E-state index in [0.717, 1.165) is 16.1 Å². The fourth-order valence-electron chi connectivity index (χ4n) is 1.64. The van der Waals surface area contributed by atoms with Crippen molar-refractivity contribution in [1.29, 1.82) is 0 Å². The summed E-state index contributed by atoms with van der Waals surface area (Å²) in [7, 11) is 0. The summed E-state index contributed by atoms with van der Waals surface area (Å²) in [5.74, 6) is 0.190. The Labute approximate surface area is 98.6 Å². The van der Waals surface area contributed by atoms with E-state index in [-0.39, 0.29) is 16.9 Å². The van der Waals surface area contributed by atoms with Crippen LogP contribution in [-0.4, -0.2) is 16.9 Å². The number of carbonyl (C=O) groups excluding carboxylic acids is 2. The van der Waals surface area contributed by atoms with Gasteiger partial charge in [0.15, 0.2) is 0 Å². The third-order valence-corrected chi connectivity index (χ3v) is 3.59. The Morgan fingerprint density at radius 2 is 2.25 bits per heavy atom. The van der Waals surface area contributed by atoms with Crippen LogP contribution in [0.1, 0.15) is 19.4 Å². The van der Waals surface area contributed by atoms with Crippen molar-refractivity contribution >= 4 is 29.1 Å². The number of thioether (sulfide) groups is 1. The van der Waals surface area contributed by atoms with E-state index >= 15 is 0 Å². The lowest BCUT2D eigenvalue weighted by Gasteiger charge is -2.21. The molecule has 1 aliphatic heterocycles. The summed E-state index contributed by atoms with van der Waals surface area (Å²) >= 11 is 1.54. The van der Waals surface area contributed by atoms with Gasteiger partial charge in [-0.3, -0.25) is 9.59 Å². The Morgan fingerprint density at radius 3 is 2.94 bits per heavy atom. The van der Waals surface area contributed by atoms with Crippen LogP contribution in [0.3, 0.4) is 0 Å². The van der Waals surface area contributed by atoms with E-state index < -0.39 is 0 Å². The molecule has 1 aromatic carbocycles. The summed E-state index contributed by atoms with van der Waals surface area (Å²) in [6, 6.07) is 5.73. The number of hydrogen-bond acceptors (Lipinski definition) is 3. The van der Waals surface area contributed by atoms with E-state index in [1.165, 1.54) is 11.8 Å². The van der Waals surface area contributed by atoms with Gasteiger partial charge in [0.25, 0.3) is 0 Å².